The Morgan fingerprint density at radius 3 is 0.956 bits per heavy atom. The monoisotopic (exact) mass is 1300 g/mol. The lowest BCUT2D eigenvalue weighted by atomic mass is 10.0. The first-order valence-corrected chi connectivity index (χ1v) is 41.3. The minimum absolute atomic E-state index is 0.0537. The van der Waals surface area contributed by atoms with Crippen LogP contribution in [0.4, 0.5) is 0 Å². The molecular formula is C82H156N2O6P+. The molecule has 0 heterocycles. The number of rotatable bonds is 74. The van der Waals surface area contributed by atoms with Gasteiger partial charge in [0.1, 0.15) is 13.2 Å². The standard InChI is InChI=1S/C82H155N2O6P/c1-6-8-10-12-14-16-18-20-22-24-26-28-30-32-34-36-37-38-39-40-41-42-43-44-45-46-47-48-50-52-54-56-58-60-62-64-66-68-70-72-74-76-82(86)83-80(79-90-91(87,88)89-78-77-84(3,4)5)81(85)75-73-71-69-67-65-63-61-59-57-55-53-51-49-35-33-31-29-27-25-23-21-19-17-15-13-11-9-7-2/h18,20,24,26,30,32,57,59,65,67,73,75,80-81,85H,6-17,19,21-23,25,27-29,31,33-56,58,60-64,66,68-72,74,76-79H2,1-5H3,(H-,83,86,87,88)/p+1/b20-18-,26-24-,32-30-,59-57+,67-65+,75-73+. The average molecular weight is 1300 g/mol. The highest BCUT2D eigenvalue weighted by atomic mass is 31.2. The molecule has 0 aromatic rings. The van der Waals surface area contributed by atoms with Crippen LogP contribution in [-0.4, -0.2) is 73.4 Å². The molecule has 3 unspecified atom stereocenters. The van der Waals surface area contributed by atoms with Crippen LogP contribution in [0.15, 0.2) is 72.9 Å². The van der Waals surface area contributed by atoms with Crippen molar-refractivity contribution in [1.82, 2.24) is 5.32 Å². The van der Waals surface area contributed by atoms with Crippen LogP contribution in [0.1, 0.15) is 393 Å². The number of hydrogen-bond donors (Lipinski definition) is 3. The molecule has 0 spiro atoms. The minimum Gasteiger partial charge on any atom is -0.387 e. The molecule has 0 radical (unpaired) electrons. The van der Waals surface area contributed by atoms with E-state index in [4.69, 9.17) is 9.05 Å². The van der Waals surface area contributed by atoms with Crippen molar-refractivity contribution < 1.29 is 32.9 Å². The van der Waals surface area contributed by atoms with Crippen molar-refractivity contribution in [3.63, 3.8) is 0 Å². The predicted octanol–water partition coefficient (Wildman–Crippen LogP) is 26.1. The molecule has 0 aromatic heterocycles. The van der Waals surface area contributed by atoms with Gasteiger partial charge in [-0.3, -0.25) is 13.8 Å². The lowest BCUT2D eigenvalue weighted by molar-refractivity contribution is -0.870. The van der Waals surface area contributed by atoms with Crippen molar-refractivity contribution in [2.45, 2.75) is 405 Å². The summed E-state index contributed by atoms with van der Waals surface area (Å²) < 4.78 is 23.8. The summed E-state index contributed by atoms with van der Waals surface area (Å²) in [4.78, 5) is 23.5. The molecule has 3 N–H and O–H groups in total. The van der Waals surface area contributed by atoms with Crippen molar-refractivity contribution in [2.24, 2.45) is 0 Å². The highest BCUT2D eigenvalue weighted by Gasteiger charge is 2.28. The molecule has 0 aliphatic heterocycles. The summed E-state index contributed by atoms with van der Waals surface area (Å²) in [6, 6.07) is -0.873. The van der Waals surface area contributed by atoms with Crippen LogP contribution in [-0.2, 0) is 18.4 Å². The second-order valence-corrected chi connectivity index (χ2v) is 29.9. The first kappa shape index (κ1) is 88.9. The summed E-state index contributed by atoms with van der Waals surface area (Å²) in [6.45, 7) is 4.83. The number of quaternary nitrogens is 1. The zero-order valence-corrected chi connectivity index (χ0v) is 62.2. The van der Waals surface area contributed by atoms with Gasteiger partial charge in [0.15, 0.2) is 0 Å². The van der Waals surface area contributed by atoms with Gasteiger partial charge < -0.3 is 19.8 Å². The minimum atomic E-state index is -4.37. The van der Waals surface area contributed by atoms with E-state index in [0.717, 1.165) is 57.8 Å². The van der Waals surface area contributed by atoms with E-state index in [0.29, 0.717) is 17.4 Å². The number of aliphatic hydroxyl groups is 1. The SMILES string of the molecule is CCCCCCC/C=C\C/C=C\C/C=C\CCCCCCCCCCCCCCCCCCCCCCCCCCCCC(=O)NC(COP(=O)(O)OCC[N+](C)(C)C)C(O)/C=C/CC/C=C/CC/C=C/CCCCCCCCCCCCCCCCCCCC. The number of phosphoric ester groups is 1. The quantitative estimate of drug-likeness (QED) is 0.0243. The molecule has 9 heteroatoms. The largest absolute Gasteiger partial charge is 0.472 e. The topological polar surface area (TPSA) is 105 Å². The molecule has 0 bridgehead atoms. The normalized spacial score (nSPS) is 13.9. The molecule has 91 heavy (non-hydrogen) atoms. The van der Waals surface area contributed by atoms with E-state index in [1.165, 1.54) is 315 Å². The van der Waals surface area contributed by atoms with E-state index >= 15 is 0 Å². The van der Waals surface area contributed by atoms with Gasteiger partial charge in [-0.15, -0.1) is 0 Å². The fourth-order valence-corrected chi connectivity index (χ4v) is 12.7. The number of carbonyl (C=O) groups is 1. The Morgan fingerprint density at radius 1 is 0.374 bits per heavy atom. The van der Waals surface area contributed by atoms with Crippen molar-refractivity contribution in [3.8, 4) is 0 Å². The Balaban J connectivity index is 3.97. The van der Waals surface area contributed by atoms with Gasteiger partial charge >= 0.3 is 7.82 Å². The number of nitrogens with one attached hydrogen (secondary N) is 1. The molecule has 0 rings (SSSR count). The Kier molecular flexibility index (Phi) is 70.6. The van der Waals surface area contributed by atoms with E-state index in [1.54, 1.807) is 6.08 Å². The van der Waals surface area contributed by atoms with Crippen LogP contribution in [0.3, 0.4) is 0 Å². The van der Waals surface area contributed by atoms with Crippen LogP contribution in [0.25, 0.3) is 0 Å². The number of nitrogens with zero attached hydrogens (tertiary/aromatic N) is 1. The Labute approximate surface area is 567 Å². The number of amides is 1. The van der Waals surface area contributed by atoms with Crippen LogP contribution in [0.2, 0.25) is 0 Å². The van der Waals surface area contributed by atoms with Crippen LogP contribution in [0, 0.1) is 0 Å². The molecule has 0 fully saturated rings. The molecule has 1 amide bonds. The van der Waals surface area contributed by atoms with Gasteiger partial charge in [-0.05, 0) is 83.5 Å². The van der Waals surface area contributed by atoms with Gasteiger partial charge in [0.2, 0.25) is 5.91 Å². The van der Waals surface area contributed by atoms with Crippen molar-refractivity contribution in [1.29, 1.82) is 0 Å². The third kappa shape index (κ3) is 75.2. The summed E-state index contributed by atoms with van der Waals surface area (Å²) in [6.07, 6.45) is 102. The fraction of sp³-hybridized carbons (Fsp3) is 0.841. The van der Waals surface area contributed by atoms with E-state index < -0.39 is 20.0 Å². The van der Waals surface area contributed by atoms with Crippen LogP contribution >= 0.6 is 7.82 Å². The van der Waals surface area contributed by atoms with Gasteiger partial charge in [0.05, 0.1) is 39.9 Å². The Bertz CT molecular complexity index is 1720. The van der Waals surface area contributed by atoms with Crippen molar-refractivity contribution in [2.75, 3.05) is 40.9 Å². The predicted molar refractivity (Wildman–Crippen MR) is 401 cm³/mol. The molecule has 0 saturated heterocycles. The number of carbonyl (C=O) groups excluding carboxylic acids is 1. The molecule has 0 aliphatic rings. The number of aliphatic hydroxyl groups excluding tert-OH is 1. The van der Waals surface area contributed by atoms with Crippen molar-refractivity contribution in [3.05, 3.63) is 72.9 Å². The first-order valence-electron chi connectivity index (χ1n) is 39.8. The zero-order valence-electron chi connectivity index (χ0n) is 61.3. The summed E-state index contributed by atoms with van der Waals surface area (Å²) in [5.74, 6) is -0.184. The molecule has 3 atom stereocenters. The van der Waals surface area contributed by atoms with Gasteiger partial charge in [0.25, 0.3) is 0 Å². The number of allylic oxidation sites excluding steroid dienone is 11. The molecule has 0 saturated carbocycles. The van der Waals surface area contributed by atoms with Gasteiger partial charge in [-0.1, -0.05) is 376 Å². The zero-order chi connectivity index (χ0) is 66.2. The maximum atomic E-state index is 13.1. The third-order valence-electron chi connectivity index (χ3n) is 18.1. The maximum absolute atomic E-state index is 13.1. The van der Waals surface area contributed by atoms with E-state index in [-0.39, 0.29) is 19.1 Å². The summed E-state index contributed by atoms with van der Waals surface area (Å²) in [5.41, 5.74) is 0. The van der Waals surface area contributed by atoms with Crippen LogP contribution < -0.4 is 5.32 Å². The molecular weight excluding hydrogens is 1140 g/mol. The number of hydrogen-bond acceptors (Lipinski definition) is 5. The van der Waals surface area contributed by atoms with E-state index in [2.05, 4.69) is 79.9 Å². The number of likely N-dealkylation sites (N-methyl/N-ethyl adjacent to an activating group) is 1. The Hall–Kier alpha value is -2.06. The smallest absolute Gasteiger partial charge is 0.387 e. The van der Waals surface area contributed by atoms with Gasteiger partial charge in [-0.25, -0.2) is 4.57 Å². The number of unbranched alkanes of at least 4 members (excludes halogenated alkanes) is 51. The first-order chi connectivity index (χ1) is 44.5. The molecule has 534 valence electrons. The van der Waals surface area contributed by atoms with Crippen molar-refractivity contribution >= 4 is 13.7 Å². The summed E-state index contributed by atoms with van der Waals surface area (Å²) in [7, 11) is 1.56. The van der Waals surface area contributed by atoms with Crippen LogP contribution in [0.5, 0.6) is 0 Å². The van der Waals surface area contributed by atoms with E-state index in [1.807, 2.05) is 27.2 Å². The average Bonchev–Trinajstić information content (AvgIpc) is 3.59. The molecule has 0 aliphatic carbocycles. The number of phosphoric acid groups is 1. The molecule has 8 nitrogen and oxygen atoms in total. The van der Waals surface area contributed by atoms with E-state index in [9.17, 15) is 19.4 Å². The maximum Gasteiger partial charge on any atom is 0.472 e. The summed E-state index contributed by atoms with van der Waals surface area (Å²) >= 11 is 0. The molecule has 0 aromatic carbocycles. The lowest BCUT2D eigenvalue weighted by Gasteiger charge is -2.25. The second kappa shape index (κ2) is 72.2. The summed E-state index contributed by atoms with van der Waals surface area (Å²) in [5, 5.41) is 14.0. The third-order valence-corrected chi connectivity index (χ3v) is 19.1. The van der Waals surface area contributed by atoms with Gasteiger partial charge in [0, 0.05) is 6.42 Å². The van der Waals surface area contributed by atoms with Gasteiger partial charge in [-0.2, -0.15) is 0 Å². The highest BCUT2D eigenvalue weighted by Crippen LogP contribution is 2.43. The Morgan fingerprint density at radius 2 is 0.637 bits per heavy atom. The highest BCUT2D eigenvalue weighted by molar-refractivity contribution is 7.47. The second-order valence-electron chi connectivity index (χ2n) is 28.4. The lowest BCUT2D eigenvalue weighted by Crippen LogP contribution is -2.45. The fourth-order valence-electron chi connectivity index (χ4n) is 12.0.